The standard InChI is InChI=1S/C9H12FNO.ClH/c1-6-3-8(10)4-7(2)9(6)5-12-11;/h3-4H,5,11H2,1-2H3;1H. The van der Waals surface area contributed by atoms with Crippen molar-refractivity contribution in [3.05, 3.63) is 34.6 Å². The van der Waals surface area contributed by atoms with Gasteiger partial charge in [-0.3, -0.25) is 4.84 Å². The molecular weight excluding hydrogens is 193 g/mol. The molecule has 0 fully saturated rings. The van der Waals surface area contributed by atoms with Crippen LogP contribution in [0, 0.1) is 19.7 Å². The highest BCUT2D eigenvalue weighted by Gasteiger charge is 2.04. The second kappa shape index (κ2) is 5.17. The van der Waals surface area contributed by atoms with E-state index in [1.54, 1.807) is 0 Å². The summed E-state index contributed by atoms with van der Waals surface area (Å²) in [6.45, 7) is 4.01. The van der Waals surface area contributed by atoms with Crippen molar-refractivity contribution in [2.75, 3.05) is 0 Å². The van der Waals surface area contributed by atoms with E-state index in [0.717, 1.165) is 16.7 Å². The minimum Gasteiger partial charge on any atom is -0.300 e. The van der Waals surface area contributed by atoms with Crippen LogP contribution in [-0.4, -0.2) is 0 Å². The fourth-order valence-corrected chi connectivity index (χ4v) is 1.25. The Morgan fingerprint density at radius 2 is 1.77 bits per heavy atom. The zero-order chi connectivity index (χ0) is 9.14. The summed E-state index contributed by atoms with van der Waals surface area (Å²) < 4.78 is 12.8. The van der Waals surface area contributed by atoms with Gasteiger partial charge in [0.2, 0.25) is 0 Å². The monoisotopic (exact) mass is 205 g/mol. The third-order valence-electron chi connectivity index (χ3n) is 1.89. The van der Waals surface area contributed by atoms with Gasteiger partial charge in [0, 0.05) is 0 Å². The molecule has 0 amide bonds. The molecule has 1 aromatic rings. The van der Waals surface area contributed by atoms with Gasteiger partial charge in [-0.1, -0.05) is 0 Å². The van der Waals surface area contributed by atoms with Crippen LogP contribution in [-0.2, 0) is 11.4 Å². The lowest BCUT2D eigenvalue weighted by Crippen LogP contribution is -2.03. The molecule has 4 heteroatoms. The first kappa shape index (κ1) is 12.4. The van der Waals surface area contributed by atoms with Crippen LogP contribution in [0.5, 0.6) is 0 Å². The first-order chi connectivity index (χ1) is 5.65. The van der Waals surface area contributed by atoms with Gasteiger partial charge in [0.1, 0.15) is 5.82 Å². The van der Waals surface area contributed by atoms with Crippen molar-refractivity contribution >= 4 is 12.4 Å². The highest BCUT2D eigenvalue weighted by atomic mass is 35.5. The molecule has 0 radical (unpaired) electrons. The number of aryl methyl sites for hydroxylation is 2. The molecular formula is C9H13ClFNO. The van der Waals surface area contributed by atoms with Gasteiger partial charge >= 0.3 is 0 Å². The van der Waals surface area contributed by atoms with E-state index in [1.165, 1.54) is 12.1 Å². The Morgan fingerprint density at radius 3 is 2.15 bits per heavy atom. The van der Waals surface area contributed by atoms with Crippen molar-refractivity contribution in [2.24, 2.45) is 5.90 Å². The Hall–Kier alpha value is -0.640. The number of benzene rings is 1. The Balaban J connectivity index is 0.00000144. The summed E-state index contributed by atoms with van der Waals surface area (Å²) in [6, 6.07) is 2.95. The van der Waals surface area contributed by atoms with E-state index >= 15 is 0 Å². The van der Waals surface area contributed by atoms with Crippen LogP contribution in [0.25, 0.3) is 0 Å². The molecule has 0 saturated carbocycles. The summed E-state index contributed by atoms with van der Waals surface area (Å²) in [5.41, 5.74) is 2.70. The molecule has 0 aliphatic rings. The van der Waals surface area contributed by atoms with E-state index in [9.17, 15) is 4.39 Å². The molecule has 0 aliphatic heterocycles. The third kappa shape index (κ3) is 2.95. The average molecular weight is 206 g/mol. The molecule has 13 heavy (non-hydrogen) atoms. The van der Waals surface area contributed by atoms with E-state index in [4.69, 9.17) is 5.90 Å². The lowest BCUT2D eigenvalue weighted by Gasteiger charge is -2.07. The smallest absolute Gasteiger partial charge is 0.123 e. The number of halogens is 2. The van der Waals surface area contributed by atoms with Crippen molar-refractivity contribution in [2.45, 2.75) is 20.5 Å². The predicted molar refractivity (Wildman–Crippen MR) is 52.1 cm³/mol. The van der Waals surface area contributed by atoms with Gasteiger partial charge in [-0.25, -0.2) is 10.3 Å². The Kier molecular flexibility index (Phi) is 4.91. The molecule has 0 unspecified atom stereocenters. The maximum atomic E-state index is 12.8. The van der Waals surface area contributed by atoms with Gasteiger partial charge in [0.25, 0.3) is 0 Å². The molecule has 1 rings (SSSR count). The molecule has 0 aromatic heterocycles. The maximum Gasteiger partial charge on any atom is 0.123 e. The average Bonchev–Trinajstić information content (AvgIpc) is 1.96. The first-order valence-electron chi connectivity index (χ1n) is 3.72. The van der Waals surface area contributed by atoms with Gasteiger partial charge in [0.15, 0.2) is 0 Å². The second-order valence-electron chi connectivity index (χ2n) is 2.83. The fraction of sp³-hybridized carbons (Fsp3) is 0.333. The van der Waals surface area contributed by atoms with Gasteiger partial charge in [-0.2, -0.15) is 0 Å². The van der Waals surface area contributed by atoms with Gasteiger partial charge in [0.05, 0.1) is 6.61 Å². The number of nitrogens with two attached hydrogens (primary N) is 1. The Bertz CT molecular complexity index is 268. The summed E-state index contributed by atoms with van der Waals surface area (Å²) in [7, 11) is 0. The molecule has 0 aliphatic carbocycles. The van der Waals surface area contributed by atoms with Crippen LogP contribution >= 0.6 is 12.4 Å². The van der Waals surface area contributed by atoms with Crippen LogP contribution in [0.4, 0.5) is 4.39 Å². The molecule has 0 saturated heterocycles. The fourth-order valence-electron chi connectivity index (χ4n) is 1.25. The minimum atomic E-state index is -0.217. The highest BCUT2D eigenvalue weighted by molar-refractivity contribution is 5.85. The number of hydrogen-bond donors (Lipinski definition) is 1. The van der Waals surface area contributed by atoms with Crippen LogP contribution in [0.3, 0.4) is 0 Å². The molecule has 1 aromatic carbocycles. The van der Waals surface area contributed by atoms with E-state index < -0.39 is 0 Å². The normalized spacial score (nSPS) is 9.54. The molecule has 0 bridgehead atoms. The molecule has 74 valence electrons. The van der Waals surface area contributed by atoms with Crippen LogP contribution in [0.2, 0.25) is 0 Å². The topological polar surface area (TPSA) is 35.2 Å². The summed E-state index contributed by atoms with van der Waals surface area (Å²) in [4.78, 5) is 4.51. The van der Waals surface area contributed by atoms with Crippen molar-refractivity contribution in [1.29, 1.82) is 0 Å². The van der Waals surface area contributed by atoms with Crippen molar-refractivity contribution < 1.29 is 9.23 Å². The number of rotatable bonds is 2. The van der Waals surface area contributed by atoms with E-state index in [0.29, 0.717) is 6.61 Å². The molecule has 0 spiro atoms. The van der Waals surface area contributed by atoms with Crippen LogP contribution < -0.4 is 5.90 Å². The van der Waals surface area contributed by atoms with Crippen molar-refractivity contribution in [1.82, 2.24) is 0 Å². The molecule has 2 nitrogen and oxygen atoms in total. The van der Waals surface area contributed by atoms with Crippen molar-refractivity contribution in [3.63, 3.8) is 0 Å². The maximum absolute atomic E-state index is 12.8. The summed E-state index contributed by atoms with van der Waals surface area (Å²) in [5.74, 6) is 4.73. The lowest BCUT2D eigenvalue weighted by molar-refractivity contribution is 0.123. The zero-order valence-corrected chi connectivity index (χ0v) is 8.45. The van der Waals surface area contributed by atoms with E-state index in [2.05, 4.69) is 4.84 Å². The highest BCUT2D eigenvalue weighted by Crippen LogP contribution is 2.15. The first-order valence-corrected chi connectivity index (χ1v) is 3.72. The largest absolute Gasteiger partial charge is 0.300 e. The molecule has 0 heterocycles. The van der Waals surface area contributed by atoms with Crippen LogP contribution in [0.1, 0.15) is 16.7 Å². The van der Waals surface area contributed by atoms with E-state index in [-0.39, 0.29) is 18.2 Å². The summed E-state index contributed by atoms with van der Waals surface area (Å²) in [6.07, 6.45) is 0. The van der Waals surface area contributed by atoms with Gasteiger partial charge in [-0.05, 0) is 42.7 Å². The van der Waals surface area contributed by atoms with Crippen molar-refractivity contribution in [3.8, 4) is 0 Å². The summed E-state index contributed by atoms with van der Waals surface area (Å²) >= 11 is 0. The summed E-state index contributed by atoms with van der Waals surface area (Å²) in [5, 5.41) is 0. The predicted octanol–water partition coefficient (Wildman–Crippen LogP) is 2.25. The zero-order valence-electron chi connectivity index (χ0n) is 7.63. The number of hydrogen-bond acceptors (Lipinski definition) is 2. The quantitative estimate of drug-likeness (QED) is 0.752. The molecule has 0 atom stereocenters. The lowest BCUT2D eigenvalue weighted by atomic mass is 10.0. The Morgan fingerprint density at radius 1 is 1.31 bits per heavy atom. The Labute approximate surface area is 83.3 Å². The third-order valence-corrected chi connectivity index (χ3v) is 1.89. The van der Waals surface area contributed by atoms with Gasteiger partial charge in [-0.15, -0.1) is 12.4 Å². The molecule has 2 N–H and O–H groups in total. The van der Waals surface area contributed by atoms with Crippen LogP contribution in [0.15, 0.2) is 12.1 Å². The van der Waals surface area contributed by atoms with E-state index in [1.807, 2.05) is 13.8 Å². The van der Waals surface area contributed by atoms with Gasteiger partial charge < -0.3 is 0 Å². The minimum absolute atomic E-state index is 0. The SMILES string of the molecule is Cc1cc(F)cc(C)c1CON.Cl. The second-order valence-corrected chi connectivity index (χ2v) is 2.83.